The third-order valence-corrected chi connectivity index (χ3v) is 5.85. The normalized spacial score (nSPS) is 17.2. The van der Waals surface area contributed by atoms with Crippen LogP contribution in [0.5, 0.6) is 0 Å². The SMILES string of the molecule is C[C@@H](NC(=O)C[C@H]1Sc2ccccc2NC1=O)c1cc(F)c(Cl)cc1Cl. The molecule has 0 spiro atoms. The predicted molar refractivity (Wildman–Crippen MR) is 102 cm³/mol. The molecule has 2 aromatic carbocycles. The van der Waals surface area contributed by atoms with Crippen LogP contribution in [0.15, 0.2) is 41.3 Å². The molecule has 26 heavy (non-hydrogen) atoms. The van der Waals surface area contributed by atoms with Crippen molar-refractivity contribution in [1.82, 2.24) is 5.32 Å². The summed E-state index contributed by atoms with van der Waals surface area (Å²) < 4.78 is 13.7. The number of nitrogens with one attached hydrogen (secondary N) is 2. The second kappa shape index (κ2) is 7.86. The number of para-hydroxylation sites is 1. The van der Waals surface area contributed by atoms with Gasteiger partial charge in [-0.15, -0.1) is 11.8 Å². The molecule has 0 unspecified atom stereocenters. The minimum absolute atomic E-state index is 0.00284. The van der Waals surface area contributed by atoms with Crippen LogP contribution in [0, 0.1) is 5.82 Å². The number of hydrogen-bond donors (Lipinski definition) is 2. The van der Waals surface area contributed by atoms with Gasteiger partial charge in [0, 0.05) is 16.3 Å². The van der Waals surface area contributed by atoms with Crippen LogP contribution in [0.2, 0.25) is 10.0 Å². The lowest BCUT2D eigenvalue weighted by Gasteiger charge is -2.24. The van der Waals surface area contributed by atoms with E-state index in [0.29, 0.717) is 5.56 Å². The highest BCUT2D eigenvalue weighted by Crippen LogP contribution is 2.36. The van der Waals surface area contributed by atoms with Crippen LogP contribution in [-0.4, -0.2) is 17.1 Å². The van der Waals surface area contributed by atoms with Crippen LogP contribution in [0.25, 0.3) is 0 Å². The highest BCUT2D eigenvalue weighted by molar-refractivity contribution is 8.01. The molecular weight excluding hydrogens is 398 g/mol. The monoisotopic (exact) mass is 412 g/mol. The number of rotatable bonds is 4. The maximum Gasteiger partial charge on any atom is 0.238 e. The summed E-state index contributed by atoms with van der Waals surface area (Å²) in [6, 6.07) is 9.40. The van der Waals surface area contributed by atoms with Crippen LogP contribution >= 0.6 is 35.0 Å². The van der Waals surface area contributed by atoms with Gasteiger partial charge in [-0.05, 0) is 36.8 Å². The Labute approximate surface area is 164 Å². The van der Waals surface area contributed by atoms with Crippen LogP contribution in [0.1, 0.15) is 24.9 Å². The quantitative estimate of drug-likeness (QED) is 0.708. The van der Waals surface area contributed by atoms with Gasteiger partial charge in [0.15, 0.2) is 0 Å². The smallest absolute Gasteiger partial charge is 0.238 e. The maximum atomic E-state index is 13.7. The summed E-state index contributed by atoms with van der Waals surface area (Å²) in [6.07, 6.45) is 0.00284. The molecular formula is C18H15Cl2FN2O2S. The molecule has 0 radical (unpaired) electrons. The average molecular weight is 413 g/mol. The average Bonchev–Trinajstić information content (AvgIpc) is 2.58. The number of benzene rings is 2. The van der Waals surface area contributed by atoms with E-state index in [0.717, 1.165) is 10.6 Å². The lowest BCUT2D eigenvalue weighted by atomic mass is 10.1. The number of carbonyl (C=O) groups excluding carboxylic acids is 2. The summed E-state index contributed by atoms with van der Waals surface area (Å²) >= 11 is 13.1. The summed E-state index contributed by atoms with van der Waals surface area (Å²) in [5.41, 5.74) is 1.17. The van der Waals surface area contributed by atoms with Crippen molar-refractivity contribution in [1.29, 1.82) is 0 Å². The Morgan fingerprint density at radius 1 is 1.31 bits per heavy atom. The molecule has 2 amide bonds. The van der Waals surface area contributed by atoms with Crippen molar-refractivity contribution in [3.8, 4) is 0 Å². The van der Waals surface area contributed by atoms with E-state index in [-0.39, 0.29) is 28.3 Å². The topological polar surface area (TPSA) is 58.2 Å². The van der Waals surface area contributed by atoms with E-state index < -0.39 is 17.1 Å². The van der Waals surface area contributed by atoms with E-state index in [9.17, 15) is 14.0 Å². The molecule has 2 aromatic rings. The summed E-state index contributed by atoms with van der Waals surface area (Å²) in [6.45, 7) is 1.69. The van der Waals surface area contributed by atoms with Crippen LogP contribution in [0.4, 0.5) is 10.1 Å². The minimum Gasteiger partial charge on any atom is -0.349 e. The van der Waals surface area contributed by atoms with Crippen molar-refractivity contribution >= 4 is 52.5 Å². The van der Waals surface area contributed by atoms with Gasteiger partial charge in [0.05, 0.1) is 22.0 Å². The summed E-state index contributed by atoms with van der Waals surface area (Å²) in [5, 5.41) is 5.20. The Hall–Kier alpha value is -1.76. The Bertz CT molecular complexity index is 878. The summed E-state index contributed by atoms with van der Waals surface area (Å²) in [7, 11) is 0. The largest absolute Gasteiger partial charge is 0.349 e. The highest BCUT2D eigenvalue weighted by Gasteiger charge is 2.29. The Balaban J connectivity index is 1.66. The molecule has 0 saturated carbocycles. The Morgan fingerprint density at radius 3 is 2.81 bits per heavy atom. The molecule has 3 rings (SSSR count). The molecule has 2 atom stereocenters. The molecule has 1 heterocycles. The van der Waals surface area contributed by atoms with E-state index in [1.165, 1.54) is 23.9 Å². The van der Waals surface area contributed by atoms with E-state index >= 15 is 0 Å². The van der Waals surface area contributed by atoms with Gasteiger partial charge in [-0.25, -0.2) is 4.39 Å². The van der Waals surface area contributed by atoms with Crippen molar-refractivity contribution in [2.45, 2.75) is 29.5 Å². The first-order chi connectivity index (χ1) is 12.3. The fourth-order valence-electron chi connectivity index (χ4n) is 2.64. The Morgan fingerprint density at radius 2 is 2.04 bits per heavy atom. The van der Waals surface area contributed by atoms with Crippen LogP contribution in [-0.2, 0) is 9.59 Å². The van der Waals surface area contributed by atoms with Crippen molar-refractivity contribution in [3.05, 3.63) is 57.8 Å². The van der Waals surface area contributed by atoms with E-state index in [1.807, 2.05) is 24.3 Å². The number of carbonyl (C=O) groups is 2. The molecule has 8 heteroatoms. The molecule has 4 nitrogen and oxygen atoms in total. The van der Waals surface area contributed by atoms with E-state index in [1.54, 1.807) is 6.92 Å². The molecule has 2 N–H and O–H groups in total. The standard InChI is InChI=1S/C18H15Cl2FN2O2S/c1-9(10-6-13(21)12(20)7-11(10)19)22-17(24)8-16-18(25)23-14-4-2-3-5-15(14)26-16/h2-7,9,16H,8H2,1H3,(H,22,24)(H,23,25)/t9-,16-/m1/s1. The van der Waals surface area contributed by atoms with Gasteiger partial charge in [0.25, 0.3) is 0 Å². The van der Waals surface area contributed by atoms with Gasteiger partial charge in [-0.1, -0.05) is 35.3 Å². The zero-order valence-corrected chi connectivity index (χ0v) is 16.0. The molecule has 0 fully saturated rings. The number of hydrogen-bond acceptors (Lipinski definition) is 3. The lowest BCUT2D eigenvalue weighted by molar-refractivity contribution is -0.124. The highest BCUT2D eigenvalue weighted by atomic mass is 35.5. The molecule has 0 aliphatic carbocycles. The number of anilines is 1. The maximum absolute atomic E-state index is 13.7. The zero-order chi connectivity index (χ0) is 18.8. The van der Waals surface area contributed by atoms with Crippen molar-refractivity contribution in [3.63, 3.8) is 0 Å². The summed E-state index contributed by atoms with van der Waals surface area (Å²) in [5.74, 6) is -1.14. The molecule has 1 aliphatic rings. The van der Waals surface area contributed by atoms with Crippen molar-refractivity contribution < 1.29 is 14.0 Å². The first-order valence-electron chi connectivity index (χ1n) is 7.85. The third-order valence-electron chi connectivity index (χ3n) is 3.96. The van der Waals surface area contributed by atoms with Gasteiger partial charge in [0.1, 0.15) is 5.82 Å². The first-order valence-corrected chi connectivity index (χ1v) is 9.49. The number of thioether (sulfide) groups is 1. The molecule has 136 valence electrons. The Kier molecular flexibility index (Phi) is 5.75. The van der Waals surface area contributed by atoms with Crippen LogP contribution < -0.4 is 10.6 Å². The first kappa shape index (κ1) is 19.0. The lowest BCUT2D eigenvalue weighted by Crippen LogP contribution is -2.35. The molecule has 0 saturated heterocycles. The third kappa shape index (κ3) is 4.14. The van der Waals surface area contributed by atoms with E-state index in [4.69, 9.17) is 23.2 Å². The van der Waals surface area contributed by atoms with Gasteiger partial charge >= 0.3 is 0 Å². The molecule has 0 aromatic heterocycles. The minimum atomic E-state index is -0.606. The van der Waals surface area contributed by atoms with Gasteiger partial charge in [0.2, 0.25) is 11.8 Å². The second-order valence-electron chi connectivity index (χ2n) is 5.87. The second-order valence-corrected chi connectivity index (χ2v) is 7.93. The fraction of sp³-hybridized carbons (Fsp3) is 0.222. The zero-order valence-electron chi connectivity index (χ0n) is 13.7. The summed E-state index contributed by atoms with van der Waals surface area (Å²) in [4.78, 5) is 25.5. The number of halogens is 3. The molecule has 0 bridgehead atoms. The van der Waals surface area contributed by atoms with Gasteiger partial charge < -0.3 is 10.6 Å². The van der Waals surface area contributed by atoms with Crippen molar-refractivity contribution in [2.24, 2.45) is 0 Å². The van der Waals surface area contributed by atoms with Crippen molar-refractivity contribution in [2.75, 3.05) is 5.32 Å². The van der Waals surface area contributed by atoms with Crippen LogP contribution in [0.3, 0.4) is 0 Å². The predicted octanol–water partition coefficient (Wildman–Crippen LogP) is 4.81. The fourth-order valence-corrected chi connectivity index (χ4v) is 4.30. The van der Waals surface area contributed by atoms with Gasteiger partial charge in [-0.3, -0.25) is 9.59 Å². The molecule has 1 aliphatic heterocycles. The number of amides is 2. The van der Waals surface area contributed by atoms with E-state index in [2.05, 4.69) is 10.6 Å². The number of fused-ring (bicyclic) bond motifs is 1. The van der Waals surface area contributed by atoms with Gasteiger partial charge in [-0.2, -0.15) is 0 Å².